The van der Waals surface area contributed by atoms with Crippen LogP contribution >= 0.6 is 11.3 Å². The molecule has 0 fully saturated rings. The number of hydrogen-bond acceptors (Lipinski definition) is 4. The van der Waals surface area contributed by atoms with Gasteiger partial charge in [0, 0.05) is 25.0 Å². The van der Waals surface area contributed by atoms with Gasteiger partial charge in [-0.05, 0) is 11.4 Å². The van der Waals surface area contributed by atoms with Gasteiger partial charge in [-0.2, -0.15) is 0 Å². The van der Waals surface area contributed by atoms with Crippen LogP contribution in [0.3, 0.4) is 0 Å². The summed E-state index contributed by atoms with van der Waals surface area (Å²) < 4.78 is 4.79. The van der Waals surface area contributed by atoms with E-state index in [0.717, 1.165) is 4.88 Å². The number of thiophene rings is 1. The third-order valence-electron chi connectivity index (χ3n) is 2.22. The zero-order valence-electron chi connectivity index (χ0n) is 10.0. The number of carbonyl (C=O) groups is 2. The summed E-state index contributed by atoms with van der Waals surface area (Å²) in [7, 11) is 1.48. The molecular weight excluding hydrogens is 256 g/mol. The Kier molecular flexibility index (Phi) is 6.16. The Morgan fingerprint density at radius 2 is 2.33 bits per heavy atom. The van der Waals surface area contributed by atoms with Gasteiger partial charge in [0.2, 0.25) is 0 Å². The quantitative estimate of drug-likeness (QED) is 0.692. The van der Waals surface area contributed by atoms with Crippen molar-refractivity contribution in [2.45, 2.75) is 19.0 Å². The van der Waals surface area contributed by atoms with Gasteiger partial charge in [-0.3, -0.25) is 0 Å². The predicted molar refractivity (Wildman–Crippen MR) is 67.6 cm³/mol. The zero-order chi connectivity index (χ0) is 13.4. The van der Waals surface area contributed by atoms with E-state index in [2.05, 4.69) is 10.6 Å². The Bertz CT molecular complexity index is 380. The molecule has 1 aromatic rings. The minimum Gasteiger partial charge on any atom is -0.480 e. The molecule has 0 aliphatic rings. The maximum Gasteiger partial charge on any atom is 0.326 e. The molecule has 0 saturated carbocycles. The van der Waals surface area contributed by atoms with Gasteiger partial charge in [0.05, 0.1) is 6.54 Å². The number of aliphatic carboxylic acids is 1. The molecule has 0 bridgehead atoms. The maximum absolute atomic E-state index is 11.5. The lowest BCUT2D eigenvalue weighted by Crippen LogP contribution is -2.46. The Morgan fingerprint density at radius 3 is 2.89 bits per heavy atom. The molecule has 7 heteroatoms. The van der Waals surface area contributed by atoms with E-state index >= 15 is 0 Å². The van der Waals surface area contributed by atoms with Gasteiger partial charge in [0.15, 0.2) is 0 Å². The second-order valence-electron chi connectivity index (χ2n) is 3.58. The first-order chi connectivity index (χ1) is 8.63. The van der Waals surface area contributed by atoms with Crippen molar-refractivity contribution in [3.05, 3.63) is 22.4 Å². The highest BCUT2D eigenvalue weighted by molar-refractivity contribution is 7.09. The lowest BCUT2D eigenvalue weighted by atomic mass is 10.2. The van der Waals surface area contributed by atoms with Crippen LogP contribution < -0.4 is 10.6 Å². The Labute approximate surface area is 109 Å². The normalized spacial score (nSPS) is 11.8. The number of carboxylic acid groups (broad SMARTS) is 1. The van der Waals surface area contributed by atoms with Crippen molar-refractivity contribution in [1.82, 2.24) is 10.6 Å². The monoisotopic (exact) mass is 272 g/mol. The van der Waals surface area contributed by atoms with E-state index in [1.807, 2.05) is 17.5 Å². The van der Waals surface area contributed by atoms with Crippen LogP contribution in [-0.4, -0.2) is 36.9 Å². The number of amides is 2. The van der Waals surface area contributed by atoms with E-state index in [-0.39, 0.29) is 13.0 Å². The van der Waals surface area contributed by atoms with E-state index < -0.39 is 18.0 Å². The molecule has 0 aromatic carbocycles. The van der Waals surface area contributed by atoms with E-state index in [1.54, 1.807) is 0 Å². The summed E-state index contributed by atoms with van der Waals surface area (Å²) in [4.78, 5) is 23.4. The Morgan fingerprint density at radius 1 is 1.56 bits per heavy atom. The number of rotatable bonds is 7. The molecule has 0 spiro atoms. The van der Waals surface area contributed by atoms with Crippen LogP contribution in [0.15, 0.2) is 17.5 Å². The summed E-state index contributed by atoms with van der Waals surface area (Å²) in [6.45, 7) is 0.669. The van der Waals surface area contributed by atoms with E-state index in [9.17, 15) is 9.59 Å². The number of ether oxygens (including phenoxy) is 1. The first-order valence-corrected chi connectivity index (χ1v) is 6.30. The third kappa shape index (κ3) is 5.15. The fraction of sp³-hybridized carbons (Fsp3) is 0.455. The first-order valence-electron chi connectivity index (χ1n) is 5.42. The van der Waals surface area contributed by atoms with Crippen LogP contribution in [0.5, 0.6) is 0 Å². The number of nitrogens with one attached hydrogen (secondary N) is 2. The molecule has 1 atom stereocenters. The summed E-state index contributed by atoms with van der Waals surface area (Å²) in [5.74, 6) is -1.07. The lowest BCUT2D eigenvalue weighted by Gasteiger charge is -2.14. The van der Waals surface area contributed by atoms with Gasteiger partial charge in [0.1, 0.15) is 6.04 Å². The number of urea groups is 1. The molecule has 0 radical (unpaired) electrons. The van der Waals surface area contributed by atoms with Gasteiger partial charge in [-0.15, -0.1) is 11.3 Å². The molecule has 1 aromatic heterocycles. The van der Waals surface area contributed by atoms with Gasteiger partial charge >= 0.3 is 12.0 Å². The molecule has 6 nitrogen and oxygen atoms in total. The molecule has 2 amide bonds. The van der Waals surface area contributed by atoms with Crippen molar-refractivity contribution in [3.63, 3.8) is 0 Å². The highest BCUT2D eigenvalue weighted by Crippen LogP contribution is 2.07. The van der Waals surface area contributed by atoms with Crippen LogP contribution in [0.2, 0.25) is 0 Å². The maximum atomic E-state index is 11.5. The fourth-order valence-corrected chi connectivity index (χ4v) is 1.93. The molecule has 3 N–H and O–H groups in total. The molecule has 0 aliphatic heterocycles. The molecule has 1 unspecified atom stereocenters. The topological polar surface area (TPSA) is 87.7 Å². The number of carboxylic acids is 1. The van der Waals surface area contributed by atoms with Crippen LogP contribution in [0.25, 0.3) is 0 Å². The Hall–Kier alpha value is -1.60. The average Bonchev–Trinajstić information content (AvgIpc) is 2.84. The number of carbonyl (C=O) groups excluding carboxylic acids is 1. The molecule has 18 heavy (non-hydrogen) atoms. The smallest absolute Gasteiger partial charge is 0.326 e. The minimum absolute atomic E-state index is 0.234. The second kappa shape index (κ2) is 7.67. The summed E-state index contributed by atoms with van der Waals surface area (Å²) in [5, 5.41) is 15.8. The van der Waals surface area contributed by atoms with Crippen molar-refractivity contribution in [3.8, 4) is 0 Å². The van der Waals surface area contributed by atoms with Crippen molar-refractivity contribution in [1.29, 1.82) is 0 Å². The van der Waals surface area contributed by atoms with Gasteiger partial charge in [0.25, 0.3) is 0 Å². The third-order valence-corrected chi connectivity index (χ3v) is 3.09. The molecule has 100 valence electrons. The highest BCUT2D eigenvalue weighted by atomic mass is 32.1. The van der Waals surface area contributed by atoms with Crippen LogP contribution in [0.4, 0.5) is 4.79 Å². The second-order valence-corrected chi connectivity index (χ2v) is 4.61. The molecular formula is C11H16N2O4S. The first kappa shape index (κ1) is 14.5. The summed E-state index contributed by atoms with van der Waals surface area (Å²) in [6, 6.07) is 2.35. The number of methoxy groups -OCH3 is 1. The van der Waals surface area contributed by atoms with Gasteiger partial charge in [-0.25, -0.2) is 9.59 Å². The molecule has 1 rings (SSSR count). The van der Waals surface area contributed by atoms with E-state index in [1.165, 1.54) is 18.4 Å². The highest BCUT2D eigenvalue weighted by Gasteiger charge is 2.19. The minimum atomic E-state index is -1.07. The van der Waals surface area contributed by atoms with Gasteiger partial charge in [-0.1, -0.05) is 6.07 Å². The van der Waals surface area contributed by atoms with E-state index in [0.29, 0.717) is 6.54 Å². The number of hydrogen-bond donors (Lipinski definition) is 3. The Balaban J connectivity index is 2.34. The van der Waals surface area contributed by atoms with Crippen LogP contribution in [0.1, 0.15) is 11.3 Å². The largest absolute Gasteiger partial charge is 0.480 e. The van der Waals surface area contributed by atoms with E-state index in [4.69, 9.17) is 9.84 Å². The van der Waals surface area contributed by atoms with Crippen LogP contribution in [-0.2, 0) is 16.1 Å². The SMILES string of the molecule is COCCC(NC(=O)NCc1cccs1)C(=O)O. The summed E-state index contributed by atoms with van der Waals surface area (Å²) in [5.41, 5.74) is 0. The van der Waals surface area contributed by atoms with Crippen LogP contribution in [0, 0.1) is 0 Å². The van der Waals surface area contributed by atoms with Crippen molar-refractivity contribution in [2.75, 3.05) is 13.7 Å². The molecule has 0 saturated heterocycles. The lowest BCUT2D eigenvalue weighted by molar-refractivity contribution is -0.139. The molecule has 1 heterocycles. The van der Waals surface area contributed by atoms with Gasteiger partial charge < -0.3 is 20.5 Å². The summed E-state index contributed by atoms with van der Waals surface area (Å²) >= 11 is 1.53. The predicted octanol–water partition coefficient (Wildman–Crippen LogP) is 1.04. The van der Waals surface area contributed by atoms with Crippen molar-refractivity contribution >= 4 is 23.3 Å². The fourth-order valence-electron chi connectivity index (χ4n) is 1.28. The standard InChI is InChI=1S/C11H16N2O4S/c1-17-5-4-9(10(14)15)13-11(16)12-7-8-3-2-6-18-8/h2-3,6,9H,4-5,7H2,1H3,(H,14,15)(H2,12,13,16). The average molecular weight is 272 g/mol. The molecule has 0 aliphatic carbocycles. The van der Waals surface area contributed by atoms with Crippen molar-refractivity contribution < 1.29 is 19.4 Å². The summed E-state index contributed by atoms with van der Waals surface area (Å²) in [6.07, 6.45) is 0.234. The zero-order valence-corrected chi connectivity index (χ0v) is 10.8. The van der Waals surface area contributed by atoms with Crippen molar-refractivity contribution in [2.24, 2.45) is 0 Å².